The van der Waals surface area contributed by atoms with E-state index in [4.69, 9.17) is 9.84 Å². The molecule has 76 valence electrons. The highest BCUT2D eigenvalue weighted by molar-refractivity contribution is 5.83. The van der Waals surface area contributed by atoms with E-state index in [1.165, 1.54) is 6.92 Å². The van der Waals surface area contributed by atoms with Gasteiger partial charge in [0.1, 0.15) is 0 Å². The van der Waals surface area contributed by atoms with Gasteiger partial charge in [-0.2, -0.15) is 0 Å². The van der Waals surface area contributed by atoms with Gasteiger partial charge in [-0.25, -0.2) is 4.79 Å². The van der Waals surface area contributed by atoms with Crippen molar-refractivity contribution in [2.45, 2.75) is 32.9 Å². The Morgan fingerprint density at radius 1 is 1.46 bits per heavy atom. The lowest BCUT2D eigenvalue weighted by Gasteiger charge is -2.15. The van der Waals surface area contributed by atoms with Crippen LogP contribution in [-0.4, -0.2) is 35.7 Å². The first-order valence-electron chi connectivity index (χ1n) is 4.05. The molecule has 2 N–H and O–H groups in total. The van der Waals surface area contributed by atoms with Crippen LogP contribution in [0.2, 0.25) is 0 Å². The number of aliphatic hydroxyl groups is 1. The van der Waals surface area contributed by atoms with Gasteiger partial charge in [-0.15, -0.1) is 0 Å². The van der Waals surface area contributed by atoms with Gasteiger partial charge in [-0.1, -0.05) is 0 Å². The van der Waals surface area contributed by atoms with Gasteiger partial charge in [0.2, 0.25) is 5.91 Å². The Bertz CT molecular complexity index is 191. The number of carbonyl (C=O) groups excluding carboxylic acids is 2. The van der Waals surface area contributed by atoms with Crippen LogP contribution in [-0.2, 0) is 14.3 Å². The summed E-state index contributed by atoms with van der Waals surface area (Å²) < 4.78 is 4.79. The van der Waals surface area contributed by atoms with Gasteiger partial charge in [0, 0.05) is 6.92 Å². The second kappa shape index (κ2) is 5.53. The first-order chi connectivity index (χ1) is 5.97. The Morgan fingerprint density at radius 2 is 2.00 bits per heavy atom. The van der Waals surface area contributed by atoms with Crippen molar-refractivity contribution in [1.29, 1.82) is 0 Å². The van der Waals surface area contributed by atoms with E-state index in [0.717, 1.165) is 0 Å². The van der Waals surface area contributed by atoms with Crippen LogP contribution in [0.3, 0.4) is 0 Å². The van der Waals surface area contributed by atoms with Crippen molar-refractivity contribution < 1.29 is 19.4 Å². The molecule has 0 aliphatic heterocycles. The van der Waals surface area contributed by atoms with Gasteiger partial charge in [0.25, 0.3) is 0 Å². The summed E-state index contributed by atoms with van der Waals surface area (Å²) in [5.41, 5.74) is 0. The van der Waals surface area contributed by atoms with Crippen molar-refractivity contribution in [2.75, 3.05) is 6.61 Å². The second-order valence-electron chi connectivity index (χ2n) is 2.92. The van der Waals surface area contributed by atoms with Crippen molar-refractivity contribution in [2.24, 2.45) is 0 Å². The summed E-state index contributed by atoms with van der Waals surface area (Å²) in [5, 5.41) is 11.0. The molecule has 0 rings (SSSR count). The summed E-state index contributed by atoms with van der Waals surface area (Å²) in [6.45, 7) is 4.21. The number of hydrogen-bond donors (Lipinski definition) is 2. The van der Waals surface area contributed by atoms with Crippen molar-refractivity contribution in [1.82, 2.24) is 5.32 Å². The normalized spacial score (nSPS) is 12.4. The summed E-state index contributed by atoms with van der Waals surface area (Å²) in [5.74, 6) is -0.993. The number of hydrogen-bond acceptors (Lipinski definition) is 4. The van der Waals surface area contributed by atoms with Crippen LogP contribution >= 0.6 is 0 Å². The Balaban J connectivity index is 4.07. The number of nitrogens with one attached hydrogen (secondary N) is 1. The predicted molar refractivity (Wildman–Crippen MR) is 45.9 cm³/mol. The Kier molecular flexibility index (Phi) is 5.06. The molecule has 0 heterocycles. The fraction of sp³-hybridized carbons (Fsp3) is 0.750. The fourth-order valence-electron chi connectivity index (χ4n) is 0.739. The van der Waals surface area contributed by atoms with E-state index < -0.39 is 18.6 Å². The van der Waals surface area contributed by atoms with Crippen molar-refractivity contribution in [3.8, 4) is 0 Å². The van der Waals surface area contributed by atoms with E-state index in [-0.39, 0.29) is 12.0 Å². The lowest BCUT2D eigenvalue weighted by molar-refractivity contribution is -0.152. The van der Waals surface area contributed by atoms with E-state index in [1.54, 1.807) is 13.8 Å². The SMILES string of the molecule is CC(=O)N[C@@H](CO)C(=O)OC(C)C. The minimum atomic E-state index is -0.958. The molecule has 1 atom stereocenters. The summed E-state index contributed by atoms with van der Waals surface area (Å²) >= 11 is 0. The molecule has 0 saturated heterocycles. The fourth-order valence-corrected chi connectivity index (χ4v) is 0.739. The largest absolute Gasteiger partial charge is 0.461 e. The molecule has 0 spiro atoms. The average molecular weight is 189 g/mol. The van der Waals surface area contributed by atoms with Gasteiger partial charge in [-0.05, 0) is 13.8 Å². The third-order valence-electron chi connectivity index (χ3n) is 1.20. The van der Waals surface area contributed by atoms with Crippen LogP contribution in [0.4, 0.5) is 0 Å². The van der Waals surface area contributed by atoms with Gasteiger partial charge in [-0.3, -0.25) is 4.79 Å². The Hall–Kier alpha value is -1.10. The van der Waals surface area contributed by atoms with Crippen molar-refractivity contribution in [3.63, 3.8) is 0 Å². The molecule has 0 aromatic heterocycles. The van der Waals surface area contributed by atoms with E-state index in [2.05, 4.69) is 5.32 Å². The topological polar surface area (TPSA) is 75.6 Å². The van der Waals surface area contributed by atoms with E-state index in [0.29, 0.717) is 0 Å². The highest BCUT2D eigenvalue weighted by Gasteiger charge is 2.20. The Labute approximate surface area is 77.1 Å². The van der Waals surface area contributed by atoms with Gasteiger partial charge < -0.3 is 15.2 Å². The van der Waals surface area contributed by atoms with Gasteiger partial charge in [0.15, 0.2) is 6.04 Å². The van der Waals surface area contributed by atoms with Crippen LogP contribution < -0.4 is 5.32 Å². The monoisotopic (exact) mass is 189 g/mol. The number of carbonyl (C=O) groups is 2. The smallest absolute Gasteiger partial charge is 0.331 e. The molecular weight excluding hydrogens is 174 g/mol. The molecule has 0 bridgehead atoms. The minimum Gasteiger partial charge on any atom is -0.461 e. The maximum absolute atomic E-state index is 11.1. The maximum Gasteiger partial charge on any atom is 0.331 e. The Morgan fingerprint density at radius 3 is 2.31 bits per heavy atom. The van der Waals surface area contributed by atoms with E-state index >= 15 is 0 Å². The summed E-state index contributed by atoms with van der Waals surface area (Å²) in [4.78, 5) is 21.7. The molecular formula is C8H15NO4. The van der Waals surface area contributed by atoms with Crippen molar-refractivity contribution in [3.05, 3.63) is 0 Å². The lowest BCUT2D eigenvalue weighted by Crippen LogP contribution is -2.44. The van der Waals surface area contributed by atoms with E-state index in [9.17, 15) is 9.59 Å². The summed E-state index contributed by atoms with van der Waals surface area (Å²) in [6, 6.07) is -0.958. The van der Waals surface area contributed by atoms with Crippen LogP contribution in [0.15, 0.2) is 0 Å². The van der Waals surface area contributed by atoms with Crippen LogP contribution in [0, 0.1) is 0 Å². The summed E-state index contributed by atoms with van der Waals surface area (Å²) in [7, 11) is 0. The zero-order valence-electron chi connectivity index (χ0n) is 8.03. The molecule has 0 aromatic carbocycles. The maximum atomic E-state index is 11.1. The number of ether oxygens (including phenoxy) is 1. The summed E-state index contributed by atoms with van der Waals surface area (Å²) in [6.07, 6.45) is -0.254. The quantitative estimate of drug-likeness (QED) is 0.581. The molecule has 0 unspecified atom stereocenters. The molecule has 0 aliphatic carbocycles. The highest BCUT2D eigenvalue weighted by Crippen LogP contribution is 1.94. The molecule has 0 fully saturated rings. The number of amides is 1. The molecule has 0 aliphatic rings. The minimum absolute atomic E-state index is 0.254. The lowest BCUT2D eigenvalue weighted by atomic mass is 10.3. The van der Waals surface area contributed by atoms with Gasteiger partial charge >= 0.3 is 5.97 Å². The standard InChI is InChI=1S/C8H15NO4/c1-5(2)13-8(12)7(4-10)9-6(3)11/h5,7,10H,4H2,1-3H3,(H,9,11)/t7-/m0/s1. The second-order valence-corrected chi connectivity index (χ2v) is 2.92. The zero-order valence-corrected chi connectivity index (χ0v) is 8.03. The molecule has 0 saturated carbocycles. The number of rotatable bonds is 4. The zero-order chi connectivity index (χ0) is 10.4. The van der Waals surface area contributed by atoms with Gasteiger partial charge in [0.05, 0.1) is 12.7 Å². The van der Waals surface area contributed by atoms with Crippen LogP contribution in [0.5, 0.6) is 0 Å². The molecule has 0 aromatic rings. The molecule has 5 heteroatoms. The molecule has 5 nitrogen and oxygen atoms in total. The number of esters is 1. The highest BCUT2D eigenvalue weighted by atomic mass is 16.5. The van der Waals surface area contributed by atoms with Crippen molar-refractivity contribution >= 4 is 11.9 Å². The third kappa shape index (κ3) is 5.19. The first-order valence-corrected chi connectivity index (χ1v) is 4.05. The predicted octanol–water partition coefficient (Wildman–Crippen LogP) is -0.565. The van der Waals surface area contributed by atoms with Crippen LogP contribution in [0.1, 0.15) is 20.8 Å². The first kappa shape index (κ1) is 11.9. The van der Waals surface area contributed by atoms with E-state index in [1.807, 2.05) is 0 Å². The molecule has 0 radical (unpaired) electrons. The van der Waals surface area contributed by atoms with Crippen LogP contribution in [0.25, 0.3) is 0 Å². The molecule has 1 amide bonds. The number of aliphatic hydroxyl groups excluding tert-OH is 1. The average Bonchev–Trinajstić information content (AvgIpc) is 1.98. The molecule has 13 heavy (non-hydrogen) atoms. The third-order valence-corrected chi connectivity index (χ3v) is 1.20.